The van der Waals surface area contributed by atoms with E-state index in [1.165, 1.54) is 0 Å². The first-order valence-corrected chi connectivity index (χ1v) is 11.2. The first kappa shape index (κ1) is 29.2. The molecule has 0 unspecified atom stereocenters. The number of aliphatic hydroxyl groups is 4. The van der Waals surface area contributed by atoms with Crippen LogP contribution < -0.4 is 9.44 Å². The van der Waals surface area contributed by atoms with E-state index in [1.54, 1.807) is 4.72 Å². The highest BCUT2D eigenvalue weighted by molar-refractivity contribution is 7.88. The molecule has 18 heteroatoms. The summed E-state index contributed by atoms with van der Waals surface area (Å²) in [5, 5.41) is 41.3. The maximum absolute atomic E-state index is 11.6. The number of carbonyl (C=O) groups excluding carboxylic acids is 1. The number of rotatable bonds is 16. The molecule has 17 nitrogen and oxygen atoms in total. The van der Waals surface area contributed by atoms with E-state index in [4.69, 9.17) is 29.6 Å². The molecule has 0 aromatic carbocycles. The Labute approximate surface area is 189 Å². The van der Waals surface area contributed by atoms with Crippen LogP contribution >= 0.6 is 0 Å². The van der Waals surface area contributed by atoms with Crippen LogP contribution in [0.5, 0.6) is 0 Å². The molecule has 1 fully saturated rings. The van der Waals surface area contributed by atoms with E-state index >= 15 is 0 Å². The number of nitrogens with one attached hydrogen (secondary N) is 2. The first-order chi connectivity index (χ1) is 15.7. The quantitative estimate of drug-likeness (QED) is 0.0524. The highest BCUT2D eigenvalue weighted by atomic mass is 32.2. The first-order valence-electron chi connectivity index (χ1n) is 9.74. The van der Waals surface area contributed by atoms with Crippen LogP contribution in [0.4, 0.5) is 4.79 Å². The lowest BCUT2D eigenvalue weighted by atomic mass is 9.99. The molecule has 1 saturated heterocycles. The zero-order chi connectivity index (χ0) is 24.7. The summed E-state index contributed by atoms with van der Waals surface area (Å²) in [6, 6.07) is 0. The van der Waals surface area contributed by atoms with Gasteiger partial charge in [-0.05, 0) is 5.53 Å². The van der Waals surface area contributed by atoms with Crippen molar-refractivity contribution in [2.45, 2.75) is 30.7 Å². The highest BCUT2D eigenvalue weighted by Gasteiger charge is 2.43. The summed E-state index contributed by atoms with van der Waals surface area (Å²) in [5.41, 5.74) is 8.06. The lowest BCUT2D eigenvalue weighted by Crippen LogP contribution is -2.59. The molecule has 1 amide bonds. The van der Waals surface area contributed by atoms with Gasteiger partial charge in [0.25, 0.3) is 0 Å². The molecule has 0 aliphatic carbocycles. The fourth-order valence-electron chi connectivity index (χ4n) is 2.40. The van der Waals surface area contributed by atoms with Crippen LogP contribution in [0.2, 0.25) is 0 Å². The lowest BCUT2D eigenvalue weighted by molar-refractivity contribution is -0.302. The van der Waals surface area contributed by atoms with E-state index in [-0.39, 0.29) is 52.7 Å². The van der Waals surface area contributed by atoms with E-state index in [2.05, 4.69) is 19.5 Å². The number of azide groups is 1. The molecule has 5 atom stereocenters. The van der Waals surface area contributed by atoms with Gasteiger partial charge in [-0.2, -0.15) is 13.1 Å². The van der Waals surface area contributed by atoms with Crippen LogP contribution in [-0.4, -0.2) is 125 Å². The molecular formula is C15H29N5O12S. The Morgan fingerprint density at radius 1 is 1.03 bits per heavy atom. The molecule has 192 valence electrons. The van der Waals surface area contributed by atoms with Gasteiger partial charge in [-0.15, -0.1) is 0 Å². The van der Waals surface area contributed by atoms with E-state index < -0.39 is 53.6 Å². The van der Waals surface area contributed by atoms with Crippen molar-refractivity contribution in [2.24, 2.45) is 5.11 Å². The summed E-state index contributed by atoms with van der Waals surface area (Å²) in [5.74, 6) is 0. The smallest absolute Gasteiger partial charge is 0.421 e. The maximum Gasteiger partial charge on any atom is 0.421 e. The standard InChI is InChI=1S/C15H29N5O12S/c16-20-17-1-4-31-15(25)19-33(26,27)18-2-3-28-5-6-29-7-8-30-14-13(24)12(23)11(22)10(9-21)32-14/h10-14,18,21-24H,1-9H2,(H,19,25)/t10-,11-,12+,13-,14+/m1/s1. The molecule has 1 heterocycles. The van der Waals surface area contributed by atoms with Gasteiger partial charge in [0.2, 0.25) is 0 Å². The molecular weight excluding hydrogens is 474 g/mol. The minimum atomic E-state index is -4.14. The van der Waals surface area contributed by atoms with Crippen LogP contribution in [0.25, 0.3) is 10.4 Å². The Hall–Kier alpha value is -1.83. The van der Waals surface area contributed by atoms with Crippen molar-refractivity contribution in [2.75, 3.05) is 59.3 Å². The van der Waals surface area contributed by atoms with E-state index in [9.17, 15) is 28.5 Å². The van der Waals surface area contributed by atoms with Crippen molar-refractivity contribution in [3.05, 3.63) is 10.4 Å². The topological polar surface area (TPSA) is 251 Å². The third kappa shape index (κ3) is 11.7. The number of ether oxygens (including phenoxy) is 5. The minimum absolute atomic E-state index is 0.0163. The van der Waals surface area contributed by atoms with Gasteiger partial charge >= 0.3 is 16.3 Å². The molecule has 0 saturated carbocycles. The highest BCUT2D eigenvalue weighted by Crippen LogP contribution is 2.21. The molecule has 0 aromatic heterocycles. The molecule has 1 aliphatic rings. The second-order valence-corrected chi connectivity index (χ2v) is 7.88. The summed E-state index contributed by atoms with van der Waals surface area (Å²) < 4.78 is 52.1. The van der Waals surface area contributed by atoms with Gasteiger partial charge < -0.3 is 44.1 Å². The third-order valence-electron chi connectivity index (χ3n) is 3.97. The van der Waals surface area contributed by atoms with E-state index in [1.807, 2.05) is 0 Å². The van der Waals surface area contributed by atoms with Gasteiger partial charge in [-0.1, -0.05) is 5.11 Å². The predicted molar refractivity (Wildman–Crippen MR) is 107 cm³/mol. The fraction of sp³-hybridized carbons (Fsp3) is 0.933. The number of carbonyl (C=O) groups is 1. The fourth-order valence-corrected chi connectivity index (χ4v) is 3.10. The predicted octanol–water partition coefficient (Wildman–Crippen LogP) is -3.29. The number of hydrogen-bond donors (Lipinski definition) is 6. The zero-order valence-corrected chi connectivity index (χ0v) is 18.4. The van der Waals surface area contributed by atoms with Crippen LogP contribution in [0.3, 0.4) is 0 Å². The number of hydrogen-bond acceptors (Lipinski definition) is 13. The van der Waals surface area contributed by atoms with E-state index in [0.29, 0.717) is 0 Å². The van der Waals surface area contributed by atoms with Gasteiger partial charge in [0, 0.05) is 11.5 Å². The second kappa shape index (κ2) is 15.9. The summed E-state index contributed by atoms with van der Waals surface area (Å²) in [7, 11) is -4.14. The SMILES string of the molecule is [N-]=[N+]=NCCOC(=O)NS(=O)(=O)NCCOCCOCCO[C@H]1O[C@H](CO)[C@@H](O)[C@H](O)[C@H]1O. The van der Waals surface area contributed by atoms with Crippen molar-refractivity contribution in [3.63, 3.8) is 0 Å². The van der Waals surface area contributed by atoms with Gasteiger partial charge in [-0.25, -0.2) is 9.52 Å². The minimum Gasteiger partial charge on any atom is -0.449 e. The second-order valence-electron chi connectivity index (χ2n) is 6.38. The summed E-state index contributed by atoms with van der Waals surface area (Å²) in [4.78, 5) is 13.7. The molecule has 33 heavy (non-hydrogen) atoms. The van der Waals surface area contributed by atoms with Crippen LogP contribution in [0.1, 0.15) is 0 Å². The number of nitrogens with zero attached hydrogens (tertiary/aromatic N) is 3. The van der Waals surface area contributed by atoms with Crippen molar-refractivity contribution in [3.8, 4) is 0 Å². The molecule has 6 N–H and O–H groups in total. The largest absolute Gasteiger partial charge is 0.449 e. The molecule has 1 aliphatic heterocycles. The molecule has 0 radical (unpaired) electrons. The lowest BCUT2D eigenvalue weighted by Gasteiger charge is -2.39. The Kier molecular flexibility index (Phi) is 14.1. The number of aliphatic hydroxyl groups excluding tert-OH is 4. The Bertz CT molecular complexity index is 720. The Morgan fingerprint density at radius 3 is 2.36 bits per heavy atom. The third-order valence-corrected chi connectivity index (χ3v) is 4.99. The summed E-state index contributed by atoms with van der Waals surface area (Å²) >= 11 is 0. The maximum atomic E-state index is 11.6. The Balaban J connectivity index is 2.05. The van der Waals surface area contributed by atoms with Crippen molar-refractivity contribution in [1.29, 1.82) is 0 Å². The molecule has 0 aromatic rings. The van der Waals surface area contributed by atoms with Gasteiger partial charge in [0.15, 0.2) is 6.29 Å². The average molecular weight is 503 g/mol. The molecule has 0 bridgehead atoms. The van der Waals surface area contributed by atoms with E-state index in [0.717, 1.165) is 0 Å². The van der Waals surface area contributed by atoms with Crippen LogP contribution in [0, 0.1) is 0 Å². The van der Waals surface area contributed by atoms with Gasteiger partial charge in [-0.3, -0.25) is 0 Å². The van der Waals surface area contributed by atoms with Gasteiger partial charge in [0.05, 0.1) is 52.8 Å². The normalized spacial score (nSPS) is 25.3. The zero-order valence-electron chi connectivity index (χ0n) is 17.6. The molecule has 0 spiro atoms. The van der Waals surface area contributed by atoms with Gasteiger partial charge in [0.1, 0.15) is 24.4 Å². The summed E-state index contributed by atoms with van der Waals surface area (Å²) in [6.45, 7) is -0.802. The van der Waals surface area contributed by atoms with Crippen molar-refractivity contribution in [1.82, 2.24) is 9.44 Å². The van der Waals surface area contributed by atoms with Crippen molar-refractivity contribution >= 4 is 16.3 Å². The van der Waals surface area contributed by atoms with Crippen LogP contribution in [0.15, 0.2) is 5.11 Å². The van der Waals surface area contributed by atoms with Crippen molar-refractivity contribution < 1.29 is 57.3 Å². The molecule has 1 rings (SSSR count). The number of amides is 1. The van der Waals surface area contributed by atoms with Crippen LogP contribution in [-0.2, 0) is 33.9 Å². The Morgan fingerprint density at radius 2 is 1.70 bits per heavy atom. The summed E-state index contributed by atoms with van der Waals surface area (Å²) in [6.07, 6.45) is -8.03. The monoisotopic (exact) mass is 503 g/mol. The average Bonchev–Trinajstić information content (AvgIpc) is 2.77.